The molecular weight excluding hydrogens is 252 g/mol. The van der Waals surface area contributed by atoms with Crippen LogP contribution in [0.2, 0.25) is 0 Å². The van der Waals surface area contributed by atoms with Gasteiger partial charge in [0.25, 0.3) is 5.91 Å². The molecule has 1 unspecified atom stereocenters. The third-order valence-electron chi connectivity index (χ3n) is 2.86. The highest BCUT2D eigenvalue weighted by molar-refractivity contribution is 5.85. The minimum atomic E-state index is -0.453. The summed E-state index contributed by atoms with van der Waals surface area (Å²) in [7, 11) is 0. The van der Waals surface area contributed by atoms with Crippen molar-refractivity contribution in [2.75, 3.05) is 19.6 Å². The summed E-state index contributed by atoms with van der Waals surface area (Å²) in [6.07, 6.45) is -0.453. The van der Waals surface area contributed by atoms with Crippen molar-refractivity contribution in [3.8, 4) is 5.75 Å². The summed E-state index contributed by atoms with van der Waals surface area (Å²) in [5.41, 5.74) is 0. The van der Waals surface area contributed by atoms with Crippen LogP contribution in [0.15, 0.2) is 30.3 Å². The van der Waals surface area contributed by atoms with E-state index in [1.54, 1.807) is 6.92 Å². The summed E-state index contributed by atoms with van der Waals surface area (Å²) in [5.74, 6) is 1.24. The van der Waals surface area contributed by atoms with E-state index >= 15 is 0 Å². The van der Waals surface area contributed by atoms with Crippen molar-refractivity contribution in [1.29, 1.82) is 0 Å². The smallest absolute Gasteiger partial charge is 0.260 e. The van der Waals surface area contributed by atoms with Crippen LogP contribution in [-0.2, 0) is 4.79 Å². The average Bonchev–Trinajstić information content (AvgIpc) is 2.28. The Hall–Kier alpha value is -1.26. The second-order valence-electron chi connectivity index (χ2n) is 4.34. The molecule has 100 valence electrons. The maximum Gasteiger partial charge on any atom is 0.260 e. The Balaban J connectivity index is 0.00000162. The molecule has 0 aromatic heterocycles. The van der Waals surface area contributed by atoms with Gasteiger partial charge in [0.15, 0.2) is 6.10 Å². The third kappa shape index (κ3) is 4.20. The van der Waals surface area contributed by atoms with Crippen molar-refractivity contribution in [3.63, 3.8) is 0 Å². The minimum absolute atomic E-state index is 0. The zero-order valence-corrected chi connectivity index (χ0v) is 11.2. The van der Waals surface area contributed by atoms with E-state index in [0.29, 0.717) is 5.92 Å². The SMILES string of the molecule is CC(Oc1ccccc1)C(=O)NCC1CNC1.Cl. The Labute approximate surface area is 114 Å². The number of amides is 1. The molecular formula is C13H19ClN2O2. The maximum atomic E-state index is 11.7. The Bertz CT molecular complexity index is 369. The standard InChI is InChI=1S/C13H18N2O2.ClH/c1-10(17-12-5-3-2-4-6-12)13(16)15-9-11-7-14-8-11;/h2-6,10-11,14H,7-9H2,1H3,(H,15,16);1H. The van der Waals surface area contributed by atoms with Crippen molar-refractivity contribution >= 4 is 18.3 Å². The van der Waals surface area contributed by atoms with E-state index in [1.807, 2.05) is 30.3 Å². The average molecular weight is 271 g/mol. The largest absolute Gasteiger partial charge is 0.481 e. The maximum absolute atomic E-state index is 11.7. The summed E-state index contributed by atoms with van der Waals surface area (Å²) < 4.78 is 5.53. The Kier molecular flexibility index (Phi) is 5.95. The summed E-state index contributed by atoms with van der Waals surface area (Å²) in [4.78, 5) is 11.7. The molecule has 2 N–H and O–H groups in total. The summed E-state index contributed by atoms with van der Waals surface area (Å²) >= 11 is 0. The van der Waals surface area contributed by atoms with E-state index in [2.05, 4.69) is 10.6 Å². The first-order valence-corrected chi connectivity index (χ1v) is 5.96. The van der Waals surface area contributed by atoms with Crippen LogP contribution in [0, 0.1) is 5.92 Å². The molecule has 0 aliphatic carbocycles. The number of ether oxygens (including phenoxy) is 1. The number of carbonyl (C=O) groups is 1. The van der Waals surface area contributed by atoms with Gasteiger partial charge in [0, 0.05) is 25.6 Å². The fourth-order valence-electron chi connectivity index (χ4n) is 1.64. The van der Waals surface area contributed by atoms with Crippen LogP contribution in [0.5, 0.6) is 5.75 Å². The number of para-hydroxylation sites is 1. The molecule has 1 fully saturated rings. The topological polar surface area (TPSA) is 50.4 Å². The van der Waals surface area contributed by atoms with Gasteiger partial charge in [-0.2, -0.15) is 0 Å². The molecule has 1 amide bonds. The molecule has 2 rings (SSSR count). The summed E-state index contributed by atoms with van der Waals surface area (Å²) in [6, 6.07) is 9.39. The van der Waals surface area contributed by atoms with Gasteiger partial charge in [0.1, 0.15) is 5.75 Å². The van der Waals surface area contributed by atoms with E-state index in [1.165, 1.54) is 0 Å². The molecule has 1 atom stereocenters. The molecule has 4 nitrogen and oxygen atoms in total. The summed E-state index contributed by atoms with van der Waals surface area (Å²) in [6.45, 7) is 4.48. The fraction of sp³-hybridized carbons (Fsp3) is 0.462. The van der Waals surface area contributed by atoms with E-state index in [0.717, 1.165) is 25.4 Å². The van der Waals surface area contributed by atoms with Crippen molar-refractivity contribution in [1.82, 2.24) is 10.6 Å². The van der Waals surface area contributed by atoms with Gasteiger partial charge < -0.3 is 15.4 Å². The van der Waals surface area contributed by atoms with E-state index in [9.17, 15) is 4.79 Å². The highest BCUT2D eigenvalue weighted by Crippen LogP contribution is 2.10. The minimum Gasteiger partial charge on any atom is -0.481 e. The molecule has 1 aromatic carbocycles. The van der Waals surface area contributed by atoms with Crippen LogP contribution in [0.4, 0.5) is 0 Å². The number of carbonyl (C=O) groups excluding carboxylic acids is 1. The van der Waals surface area contributed by atoms with Crippen molar-refractivity contribution in [3.05, 3.63) is 30.3 Å². The molecule has 0 spiro atoms. The van der Waals surface area contributed by atoms with Gasteiger partial charge in [-0.05, 0) is 19.1 Å². The number of rotatable bonds is 5. The van der Waals surface area contributed by atoms with Crippen molar-refractivity contribution < 1.29 is 9.53 Å². The monoisotopic (exact) mass is 270 g/mol. The lowest BCUT2D eigenvalue weighted by Crippen LogP contribution is -2.49. The molecule has 0 radical (unpaired) electrons. The Morgan fingerprint density at radius 2 is 2.11 bits per heavy atom. The second-order valence-corrected chi connectivity index (χ2v) is 4.34. The Morgan fingerprint density at radius 1 is 1.44 bits per heavy atom. The van der Waals surface area contributed by atoms with E-state index < -0.39 is 6.10 Å². The zero-order valence-electron chi connectivity index (χ0n) is 10.4. The van der Waals surface area contributed by atoms with Gasteiger partial charge in [0.2, 0.25) is 0 Å². The predicted molar refractivity (Wildman–Crippen MR) is 73.1 cm³/mol. The molecule has 0 saturated carbocycles. The lowest BCUT2D eigenvalue weighted by atomic mass is 10.0. The molecule has 5 heteroatoms. The molecule has 0 bridgehead atoms. The van der Waals surface area contributed by atoms with Crippen LogP contribution in [0.1, 0.15) is 6.92 Å². The molecule has 1 heterocycles. The van der Waals surface area contributed by atoms with Crippen LogP contribution >= 0.6 is 12.4 Å². The first kappa shape index (κ1) is 14.8. The number of nitrogens with one attached hydrogen (secondary N) is 2. The van der Waals surface area contributed by atoms with Crippen LogP contribution in [-0.4, -0.2) is 31.6 Å². The molecule has 18 heavy (non-hydrogen) atoms. The quantitative estimate of drug-likeness (QED) is 0.846. The van der Waals surface area contributed by atoms with Gasteiger partial charge in [0.05, 0.1) is 0 Å². The highest BCUT2D eigenvalue weighted by atomic mass is 35.5. The van der Waals surface area contributed by atoms with Crippen LogP contribution in [0.25, 0.3) is 0 Å². The first-order chi connectivity index (χ1) is 8.25. The van der Waals surface area contributed by atoms with E-state index in [4.69, 9.17) is 4.74 Å². The first-order valence-electron chi connectivity index (χ1n) is 5.96. The summed E-state index contributed by atoms with van der Waals surface area (Å²) in [5, 5.41) is 6.07. The lowest BCUT2D eigenvalue weighted by molar-refractivity contribution is -0.127. The number of benzene rings is 1. The Morgan fingerprint density at radius 3 is 2.67 bits per heavy atom. The van der Waals surface area contributed by atoms with Crippen molar-refractivity contribution in [2.45, 2.75) is 13.0 Å². The van der Waals surface area contributed by atoms with Gasteiger partial charge >= 0.3 is 0 Å². The lowest BCUT2D eigenvalue weighted by Gasteiger charge is -2.27. The third-order valence-corrected chi connectivity index (χ3v) is 2.86. The van der Waals surface area contributed by atoms with Gasteiger partial charge in [-0.1, -0.05) is 18.2 Å². The van der Waals surface area contributed by atoms with Gasteiger partial charge in [-0.3, -0.25) is 4.79 Å². The van der Waals surface area contributed by atoms with Gasteiger partial charge in [-0.25, -0.2) is 0 Å². The number of hydrogen-bond donors (Lipinski definition) is 2. The van der Waals surface area contributed by atoms with Gasteiger partial charge in [-0.15, -0.1) is 12.4 Å². The predicted octanol–water partition coefficient (Wildman–Crippen LogP) is 1.21. The number of hydrogen-bond acceptors (Lipinski definition) is 3. The van der Waals surface area contributed by atoms with E-state index in [-0.39, 0.29) is 18.3 Å². The normalized spacial score (nSPS) is 16.1. The number of halogens is 1. The van der Waals surface area contributed by atoms with Crippen molar-refractivity contribution in [2.24, 2.45) is 5.92 Å². The van der Waals surface area contributed by atoms with Crippen LogP contribution in [0.3, 0.4) is 0 Å². The highest BCUT2D eigenvalue weighted by Gasteiger charge is 2.20. The molecule has 1 saturated heterocycles. The second kappa shape index (κ2) is 7.24. The fourth-order valence-corrected chi connectivity index (χ4v) is 1.64. The van der Waals surface area contributed by atoms with Crippen LogP contribution < -0.4 is 15.4 Å². The molecule has 1 aromatic rings. The molecule has 1 aliphatic heterocycles. The zero-order chi connectivity index (χ0) is 12.1. The molecule has 1 aliphatic rings.